The second kappa shape index (κ2) is 10.1. The van der Waals surface area contributed by atoms with Gasteiger partial charge in [-0.15, -0.1) is 0 Å². The van der Waals surface area contributed by atoms with Crippen molar-refractivity contribution in [1.29, 1.82) is 0 Å². The molecule has 0 radical (unpaired) electrons. The molecule has 1 amide bonds. The van der Waals surface area contributed by atoms with Gasteiger partial charge in [0, 0.05) is 47.3 Å². The molecule has 0 saturated heterocycles. The molecule has 0 saturated carbocycles. The third kappa shape index (κ3) is 5.48. The van der Waals surface area contributed by atoms with E-state index in [9.17, 15) is 18.0 Å². The van der Waals surface area contributed by atoms with E-state index < -0.39 is 17.8 Å². The topological polar surface area (TPSA) is 54.5 Å². The van der Waals surface area contributed by atoms with Gasteiger partial charge in [-0.3, -0.25) is 9.48 Å². The van der Waals surface area contributed by atoms with E-state index in [1.807, 2.05) is 20.9 Å². The molecule has 4 rings (SSSR count). The van der Waals surface area contributed by atoms with Gasteiger partial charge in [0.1, 0.15) is 0 Å². The van der Waals surface area contributed by atoms with Crippen molar-refractivity contribution in [3.05, 3.63) is 81.8 Å². The molecule has 0 bridgehead atoms. The van der Waals surface area contributed by atoms with Crippen molar-refractivity contribution in [2.45, 2.75) is 51.5 Å². The van der Waals surface area contributed by atoms with Gasteiger partial charge < -0.3 is 10.2 Å². The molecule has 0 unspecified atom stereocenters. The molecule has 1 N–H and O–H groups in total. The Morgan fingerprint density at radius 1 is 1.27 bits per heavy atom. The summed E-state index contributed by atoms with van der Waals surface area (Å²) in [7, 11) is 1.81. The number of hydrogen-bond acceptors (Lipinski definition) is 4. The minimum atomic E-state index is -4.62. The van der Waals surface area contributed by atoms with Crippen LogP contribution >= 0.6 is 11.3 Å². The SMILES string of the molecule is [C-]#[N+]c1cc2c(s1)CN(C(=O)/C=C/C(C)(C)NC)C[C@H]2c1ccccc1-c1cn(CC)nc1C(F)(F)F. The third-order valence-corrected chi connectivity index (χ3v) is 7.66. The Hall–Kier alpha value is -3.42. The summed E-state index contributed by atoms with van der Waals surface area (Å²) in [4.78, 5) is 19.3. The van der Waals surface area contributed by atoms with E-state index in [1.165, 1.54) is 28.3 Å². The number of benzene rings is 1. The zero-order valence-corrected chi connectivity index (χ0v) is 21.9. The number of amides is 1. The lowest BCUT2D eigenvalue weighted by Gasteiger charge is -2.34. The zero-order valence-electron chi connectivity index (χ0n) is 21.1. The minimum absolute atomic E-state index is 0.00578. The third-order valence-electron chi connectivity index (χ3n) is 6.63. The summed E-state index contributed by atoms with van der Waals surface area (Å²) >= 11 is 1.32. The number of nitrogens with zero attached hydrogens (tertiary/aromatic N) is 4. The van der Waals surface area contributed by atoms with Crippen LogP contribution in [0.2, 0.25) is 0 Å². The fraction of sp³-hybridized carbons (Fsp3) is 0.370. The average molecular weight is 528 g/mol. The second-order valence-electron chi connectivity index (χ2n) is 9.48. The smallest absolute Gasteiger partial charge is 0.333 e. The van der Waals surface area contributed by atoms with E-state index in [0.29, 0.717) is 29.2 Å². The maximum absolute atomic E-state index is 14.0. The molecule has 1 atom stereocenters. The number of carbonyl (C=O) groups is 1. The van der Waals surface area contributed by atoms with Crippen LogP contribution in [0, 0.1) is 6.57 Å². The number of halogens is 3. The fourth-order valence-electron chi connectivity index (χ4n) is 4.40. The van der Waals surface area contributed by atoms with E-state index >= 15 is 0 Å². The summed E-state index contributed by atoms with van der Waals surface area (Å²) in [6.07, 6.45) is 0.130. The number of thiophene rings is 1. The van der Waals surface area contributed by atoms with Crippen LogP contribution in [0.15, 0.2) is 48.7 Å². The molecule has 37 heavy (non-hydrogen) atoms. The van der Waals surface area contributed by atoms with Crippen LogP contribution in [0.25, 0.3) is 16.0 Å². The van der Waals surface area contributed by atoms with Gasteiger partial charge >= 0.3 is 6.18 Å². The highest BCUT2D eigenvalue weighted by atomic mass is 32.1. The molecule has 3 heterocycles. The average Bonchev–Trinajstić information content (AvgIpc) is 3.51. The first kappa shape index (κ1) is 26.6. The molecule has 2 aromatic heterocycles. The summed E-state index contributed by atoms with van der Waals surface area (Å²) in [6.45, 7) is 14.0. The predicted molar refractivity (Wildman–Crippen MR) is 138 cm³/mol. The molecular weight excluding hydrogens is 499 g/mol. The molecule has 1 aliphatic rings. The van der Waals surface area contributed by atoms with Crippen LogP contribution in [0.3, 0.4) is 0 Å². The first-order chi connectivity index (χ1) is 17.5. The van der Waals surface area contributed by atoms with Gasteiger partial charge in [-0.1, -0.05) is 30.3 Å². The number of likely N-dealkylation sites (N-methyl/N-ethyl adjacent to an activating group) is 1. The quantitative estimate of drug-likeness (QED) is 0.306. The predicted octanol–water partition coefficient (Wildman–Crippen LogP) is 6.23. The minimum Gasteiger partial charge on any atom is -0.333 e. The van der Waals surface area contributed by atoms with Gasteiger partial charge in [0.2, 0.25) is 10.9 Å². The fourth-order valence-corrected chi connectivity index (χ4v) is 5.42. The maximum atomic E-state index is 14.0. The number of carbonyl (C=O) groups excluding carboxylic acids is 1. The van der Waals surface area contributed by atoms with E-state index in [0.717, 1.165) is 10.4 Å². The molecule has 3 aromatic rings. The standard InChI is InChI=1S/C27H28F3N5OS/c1-6-35-15-21(25(33-35)27(28,29)30)18-10-8-7-9-17(18)20-14-34(24(36)11-12-26(2,3)32-5)16-22-19(20)13-23(31-4)37-22/h7-13,15,20,32H,6,14,16H2,1-3,5H3/b12-11+/t20-/m0/s1. The summed E-state index contributed by atoms with van der Waals surface area (Å²) in [5.41, 5.74) is 0.652. The zero-order chi connectivity index (χ0) is 27.0. The van der Waals surface area contributed by atoms with Crippen molar-refractivity contribution in [1.82, 2.24) is 20.0 Å². The number of alkyl halides is 3. The van der Waals surface area contributed by atoms with Gasteiger partial charge in [0.25, 0.3) is 0 Å². The lowest BCUT2D eigenvalue weighted by Crippen LogP contribution is -2.38. The van der Waals surface area contributed by atoms with Crippen molar-refractivity contribution in [2.24, 2.45) is 0 Å². The van der Waals surface area contributed by atoms with Crippen LogP contribution in [0.1, 0.15) is 48.4 Å². The molecule has 6 nitrogen and oxygen atoms in total. The van der Waals surface area contributed by atoms with Crippen LogP contribution in [0.4, 0.5) is 18.2 Å². The number of aryl methyl sites for hydroxylation is 1. The molecule has 0 spiro atoms. The number of hydrogen-bond donors (Lipinski definition) is 1. The number of fused-ring (bicyclic) bond motifs is 1. The molecule has 0 fully saturated rings. The van der Waals surface area contributed by atoms with E-state index in [2.05, 4.69) is 15.3 Å². The van der Waals surface area contributed by atoms with Crippen molar-refractivity contribution in [2.75, 3.05) is 13.6 Å². The first-order valence-corrected chi connectivity index (χ1v) is 12.7. The maximum Gasteiger partial charge on any atom is 0.435 e. The van der Waals surface area contributed by atoms with Gasteiger partial charge in [0.15, 0.2) is 5.69 Å². The van der Waals surface area contributed by atoms with Crippen LogP contribution in [0.5, 0.6) is 0 Å². The number of aromatic nitrogens is 2. The van der Waals surface area contributed by atoms with Gasteiger partial charge in [0.05, 0.1) is 13.1 Å². The van der Waals surface area contributed by atoms with Crippen molar-refractivity contribution in [3.63, 3.8) is 0 Å². The Balaban J connectivity index is 1.82. The Kier molecular flexibility index (Phi) is 7.31. The highest BCUT2D eigenvalue weighted by Gasteiger charge is 2.39. The van der Waals surface area contributed by atoms with Gasteiger partial charge in [-0.05, 0) is 50.6 Å². The van der Waals surface area contributed by atoms with Crippen LogP contribution < -0.4 is 5.32 Å². The summed E-state index contributed by atoms with van der Waals surface area (Å²) in [5.74, 6) is -0.587. The van der Waals surface area contributed by atoms with E-state index in [1.54, 1.807) is 48.2 Å². The molecule has 10 heteroatoms. The van der Waals surface area contributed by atoms with Crippen molar-refractivity contribution < 1.29 is 18.0 Å². The lowest BCUT2D eigenvalue weighted by atomic mass is 9.83. The van der Waals surface area contributed by atoms with Crippen LogP contribution in [-0.2, 0) is 24.1 Å². The highest BCUT2D eigenvalue weighted by Crippen LogP contribution is 2.45. The van der Waals surface area contributed by atoms with E-state index in [4.69, 9.17) is 6.57 Å². The number of nitrogens with one attached hydrogen (secondary N) is 1. The Morgan fingerprint density at radius 2 is 2.00 bits per heavy atom. The molecule has 1 aliphatic heterocycles. The second-order valence-corrected chi connectivity index (χ2v) is 10.6. The summed E-state index contributed by atoms with van der Waals surface area (Å²) in [6, 6.07) is 8.76. The highest BCUT2D eigenvalue weighted by molar-refractivity contribution is 7.16. The Bertz CT molecular complexity index is 1380. The van der Waals surface area contributed by atoms with Gasteiger partial charge in [-0.2, -0.15) is 29.6 Å². The van der Waals surface area contributed by atoms with Crippen molar-refractivity contribution >= 4 is 22.2 Å². The van der Waals surface area contributed by atoms with Crippen molar-refractivity contribution in [3.8, 4) is 11.1 Å². The molecule has 0 aliphatic carbocycles. The molecule has 1 aromatic carbocycles. The Labute approximate surface area is 218 Å². The monoisotopic (exact) mass is 527 g/mol. The Morgan fingerprint density at radius 3 is 2.65 bits per heavy atom. The first-order valence-electron chi connectivity index (χ1n) is 11.9. The summed E-state index contributed by atoms with van der Waals surface area (Å²) < 4.78 is 43.1. The van der Waals surface area contributed by atoms with E-state index in [-0.39, 0.29) is 23.6 Å². The van der Waals surface area contributed by atoms with Crippen LogP contribution in [-0.4, -0.2) is 39.7 Å². The molecule has 194 valence electrons. The lowest BCUT2D eigenvalue weighted by molar-refractivity contribution is -0.141. The largest absolute Gasteiger partial charge is 0.435 e. The molecular formula is C27H28F3N5OS. The van der Waals surface area contributed by atoms with Gasteiger partial charge in [-0.25, -0.2) is 4.85 Å². The number of rotatable bonds is 6. The summed E-state index contributed by atoms with van der Waals surface area (Å²) in [5, 5.41) is 7.41. The normalized spacial score (nSPS) is 16.2.